The summed E-state index contributed by atoms with van der Waals surface area (Å²) in [6.07, 6.45) is 0. The highest BCUT2D eigenvalue weighted by Crippen LogP contribution is 2.34. The number of hydrogen-bond acceptors (Lipinski definition) is 4. The normalized spacial score (nSPS) is 10.7. The van der Waals surface area contributed by atoms with Gasteiger partial charge in [0.1, 0.15) is 0 Å². The highest BCUT2D eigenvalue weighted by molar-refractivity contribution is 6.08. The van der Waals surface area contributed by atoms with E-state index in [2.05, 4.69) is 16.1 Å². The van der Waals surface area contributed by atoms with Gasteiger partial charge >= 0.3 is 5.97 Å². The van der Waals surface area contributed by atoms with Crippen LogP contribution in [0.2, 0.25) is 0 Å². The van der Waals surface area contributed by atoms with E-state index in [1.54, 1.807) is 12.1 Å². The number of carbonyl (C=O) groups is 2. The number of anilines is 1. The lowest BCUT2D eigenvalue weighted by Crippen LogP contribution is -2.16. The molecule has 0 fully saturated rings. The molecule has 1 amide bonds. The first-order valence-corrected chi connectivity index (χ1v) is 9.09. The minimum absolute atomic E-state index is 0.254. The highest BCUT2D eigenvalue weighted by atomic mass is 16.6. The van der Waals surface area contributed by atoms with Gasteiger partial charge in [-0.2, -0.15) is 0 Å². The maximum absolute atomic E-state index is 12.9. The molecule has 0 saturated carbocycles. The lowest BCUT2D eigenvalue weighted by atomic mass is 10.1. The average Bonchev–Trinajstić information content (AvgIpc) is 2.77. The molecule has 0 aliphatic heterocycles. The third kappa shape index (κ3) is 3.89. The predicted molar refractivity (Wildman–Crippen MR) is 112 cm³/mol. The Morgan fingerprint density at radius 1 is 0.897 bits per heavy atom. The van der Waals surface area contributed by atoms with Gasteiger partial charge in [-0.3, -0.25) is 4.79 Å². The van der Waals surface area contributed by atoms with Crippen LogP contribution in [-0.2, 0) is 9.53 Å². The molecule has 0 bridgehead atoms. The van der Waals surface area contributed by atoms with Crippen molar-refractivity contribution in [3.05, 3.63) is 84.4 Å². The van der Waals surface area contributed by atoms with Crippen molar-refractivity contribution in [3.63, 3.8) is 0 Å². The molecule has 4 rings (SSSR count). The third-order valence-electron chi connectivity index (χ3n) is 4.59. The van der Waals surface area contributed by atoms with Crippen LogP contribution in [0.4, 0.5) is 5.69 Å². The number of benzene rings is 4. The van der Waals surface area contributed by atoms with Crippen molar-refractivity contribution < 1.29 is 19.1 Å². The third-order valence-corrected chi connectivity index (χ3v) is 4.59. The fourth-order valence-electron chi connectivity index (χ4n) is 3.13. The Kier molecular flexibility index (Phi) is 5.12. The molecular weight excluding hydrogens is 366 g/mol. The van der Waals surface area contributed by atoms with Gasteiger partial charge in [0.15, 0.2) is 12.4 Å². The SMILES string of the molecule is COC(=O)COc1c(NC(=O)c2[c]c3ccccc3cc2)ccc2ccccc12. The van der Waals surface area contributed by atoms with Crippen LogP contribution in [0.5, 0.6) is 5.75 Å². The van der Waals surface area contributed by atoms with Crippen LogP contribution in [-0.4, -0.2) is 25.6 Å². The number of nitrogens with one attached hydrogen (secondary N) is 1. The highest BCUT2D eigenvalue weighted by Gasteiger charge is 2.15. The second-order valence-electron chi connectivity index (χ2n) is 6.44. The Balaban J connectivity index is 1.68. The van der Waals surface area contributed by atoms with Crippen molar-refractivity contribution >= 4 is 39.1 Å². The van der Waals surface area contributed by atoms with Crippen LogP contribution in [0.15, 0.2) is 72.8 Å². The minimum Gasteiger partial charge on any atom is -0.479 e. The Morgan fingerprint density at radius 2 is 1.62 bits per heavy atom. The van der Waals surface area contributed by atoms with Gasteiger partial charge in [0.2, 0.25) is 0 Å². The predicted octanol–water partition coefficient (Wildman–Crippen LogP) is 4.60. The van der Waals surface area contributed by atoms with Crippen molar-refractivity contribution in [3.8, 4) is 5.75 Å². The Morgan fingerprint density at radius 3 is 2.45 bits per heavy atom. The summed E-state index contributed by atoms with van der Waals surface area (Å²) in [5, 5.41) is 6.47. The maximum Gasteiger partial charge on any atom is 0.343 e. The molecule has 0 spiro atoms. The molecule has 0 unspecified atom stereocenters. The van der Waals surface area contributed by atoms with E-state index >= 15 is 0 Å². The fraction of sp³-hybridized carbons (Fsp3) is 0.0833. The summed E-state index contributed by atoms with van der Waals surface area (Å²) in [7, 11) is 1.30. The van der Waals surface area contributed by atoms with Crippen molar-refractivity contribution in [2.45, 2.75) is 0 Å². The largest absolute Gasteiger partial charge is 0.479 e. The van der Waals surface area contributed by atoms with E-state index in [-0.39, 0.29) is 12.5 Å². The van der Waals surface area contributed by atoms with Crippen LogP contribution < -0.4 is 10.1 Å². The lowest BCUT2D eigenvalue weighted by molar-refractivity contribution is -0.142. The Hall–Kier alpha value is -3.86. The number of esters is 1. The summed E-state index contributed by atoms with van der Waals surface area (Å²) in [4.78, 5) is 24.4. The number of ether oxygens (including phenoxy) is 2. The van der Waals surface area contributed by atoms with Gasteiger partial charge in [-0.05, 0) is 28.3 Å². The van der Waals surface area contributed by atoms with Crippen LogP contribution >= 0.6 is 0 Å². The van der Waals surface area contributed by atoms with Crippen molar-refractivity contribution in [2.24, 2.45) is 0 Å². The second-order valence-corrected chi connectivity index (χ2v) is 6.44. The molecule has 0 atom stereocenters. The first kappa shape index (κ1) is 18.5. The molecule has 0 aliphatic carbocycles. The average molecular weight is 384 g/mol. The topological polar surface area (TPSA) is 64.6 Å². The van der Waals surface area contributed by atoms with E-state index in [1.807, 2.05) is 60.7 Å². The summed E-state index contributed by atoms with van der Waals surface area (Å²) >= 11 is 0. The first-order valence-electron chi connectivity index (χ1n) is 9.09. The fourth-order valence-corrected chi connectivity index (χ4v) is 3.13. The molecule has 0 heterocycles. The van der Waals surface area contributed by atoms with E-state index in [4.69, 9.17) is 4.74 Å². The molecule has 5 heteroatoms. The number of fused-ring (bicyclic) bond motifs is 2. The first-order chi connectivity index (χ1) is 14.2. The maximum atomic E-state index is 12.9. The zero-order chi connectivity index (χ0) is 20.2. The molecule has 0 saturated heterocycles. The molecule has 4 aromatic rings. The Labute approximate surface area is 167 Å². The molecule has 5 nitrogen and oxygen atoms in total. The van der Waals surface area contributed by atoms with Crippen LogP contribution in [0.1, 0.15) is 10.4 Å². The van der Waals surface area contributed by atoms with Gasteiger partial charge in [0.05, 0.1) is 12.8 Å². The van der Waals surface area contributed by atoms with Gasteiger partial charge < -0.3 is 14.8 Å². The molecular formula is C24H18NO4. The van der Waals surface area contributed by atoms with Gasteiger partial charge in [0.25, 0.3) is 5.91 Å². The lowest BCUT2D eigenvalue weighted by Gasteiger charge is -2.15. The smallest absolute Gasteiger partial charge is 0.343 e. The van der Waals surface area contributed by atoms with Gasteiger partial charge in [-0.1, -0.05) is 60.7 Å². The van der Waals surface area contributed by atoms with E-state index in [0.717, 1.165) is 21.5 Å². The summed E-state index contributed by atoms with van der Waals surface area (Å²) in [5.41, 5.74) is 0.884. The van der Waals surface area contributed by atoms with Crippen LogP contribution in [0, 0.1) is 6.07 Å². The zero-order valence-corrected chi connectivity index (χ0v) is 15.8. The Bertz CT molecular complexity index is 1220. The molecule has 0 aliphatic rings. The van der Waals surface area contributed by atoms with Crippen LogP contribution in [0.25, 0.3) is 21.5 Å². The number of rotatable bonds is 5. The van der Waals surface area contributed by atoms with Gasteiger partial charge in [-0.15, -0.1) is 0 Å². The van der Waals surface area contributed by atoms with E-state index in [1.165, 1.54) is 7.11 Å². The van der Waals surface area contributed by atoms with Crippen LogP contribution in [0.3, 0.4) is 0 Å². The summed E-state index contributed by atoms with van der Waals surface area (Å²) in [6, 6.07) is 25.7. The van der Waals surface area contributed by atoms with Gasteiger partial charge in [0, 0.05) is 17.0 Å². The molecule has 29 heavy (non-hydrogen) atoms. The summed E-state index contributed by atoms with van der Waals surface area (Å²) < 4.78 is 10.4. The summed E-state index contributed by atoms with van der Waals surface area (Å²) in [5.74, 6) is -0.394. The minimum atomic E-state index is -0.502. The number of hydrogen-bond donors (Lipinski definition) is 1. The quantitative estimate of drug-likeness (QED) is 0.511. The van der Waals surface area contributed by atoms with E-state index < -0.39 is 5.97 Å². The molecule has 0 aromatic heterocycles. The summed E-state index contributed by atoms with van der Waals surface area (Å²) in [6.45, 7) is -0.254. The number of methoxy groups -OCH3 is 1. The van der Waals surface area contributed by atoms with E-state index in [0.29, 0.717) is 17.0 Å². The second kappa shape index (κ2) is 8.02. The molecule has 143 valence electrons. The molecule has 4 aromatic carbocycles. The standard InChI is InChI=1S/C24H18NO4/c1-28-22(26)15-29-23-20-9-5-4-7-17(20)12-13-21(23)25-24(27)19-11-10-16-6-2-3-8-18(16)14-19/h2-13H,15H2,1H3,(H,25,27). The van der Waals surface area contributed by atoms with Crippen molar-refractivity contribution in [1.82, 2.24) is 0 Å². The number of amides is 1. The van der Waals surface area contributed by atoms with Crippen molar-refractivity contribution in [1.29, 1.82) is 0 Å². The van der Waals surface area contributed by atoms with E-state index in [9.17, 15) is 9.59 Å². The number of carbonyl (C=O) groups excluding carboxylic acids is 2. The monoisotopic (exact) mass is 384 g/mol. The molecule has 1 N–H and O–H groups in total. The van der Waals surface area contributed by atoms with Crippen molar-refractivity contribution in [2.75, 3.05) is 19.0 Å². The molecule has 1 radical (unpaired) electrons. The van der Waals surface area contributed by atoms with Gasteiger partial charge in [-0.25, -0.2) is 4.79 Å². The zero-order valence-electron chi connectivity index (χ0n) is 15.8.